The van der Waals surface area contributed by atoms with Crippen molar-refractivity contribution in [1.82, 2.24) is 5.32 Å². The van der Waals surface area contributed by atoms with Gasteiger partial charge in [-0.1, -0.05) is 0 Å². The summed E-state index contributed by atoms with van der Waals surface area (Å²) in [6.45, 7) is 2.72. The van der Waals surface area contributed by atoms with Crippen molar-refractivity contribution in [1.29, 1.82) is 0 Å². The average Bonchev–Trinajstić information content (AvgIpc) is 2.85. The molecule has 1 aromatic carbocycles. The van der Waals surface area contributed by atoms with E-state index >= 15 is 0 Å². The lowest BCUT2D eigenvalue weighted by molar-refractivity contribution is -0.121. The first-order valence-electron chi connectivity index (χ1n) is 6.17. The lowest BCUT2D eigenvalue weighted by Gasteiger charge is -2.11. The van der Waals surface area contributed by atoms with Crippen LogP contribution < -0.4 is 19.5 Å². The van der Waals surface area contributed by atoms with E-state index in [1.54, 1.807) is 12.1 Å². The molecule has 1 aromatic rings. The molecule has 0 unspecified atom stereocenters. The lowest BCUT2D eigenvalue weighted by Crippen LogP contribution is -2.24. The standard InChI is InChI=1S/C13H17NO5/c1-2-14-13(16)3-4-17-10-6-12-11(18-8-19-12)5-9(10)7-15/h5-6,15H,2-4,7-8H2,1H3,(H,14,16). The minimum Gasteiger partial charge on any atom is -0.493 e. The highest BCUT2D eigenvalue weighted by Crippen LogP contribution is 2.38. The van der Waals surface area contributed by atoms with Crippen LogP contribution in [-0.2, 0) is 11.4 Å². The van der Waals surface area contributed by atoms with Crippen LogP contribution in [0.1, 0.15) is 18.9 Å². The predicted molar refractivity (Wildman–Crippen MR) is 67.3 cm³/mol. The maximum absolute atomic E-state index is 11.3. The van der Waals surface area contributed by atoms with E-state index in [0.717, 1.165) is 0 Å². The minimum atomic E-state index is -0.160. The molecule has 0 spiro atoms. The number of hydrogen-bond donors (Lipinski definition) is 2. The zero-order valence-electron chi connectivity index (χ0n) is 10.8. The molecule has 6 heteroatoms. The van der Waals surface area contributed by atoms with Crippen molar-refractivity contribution in [3.8, 4) is 17.2 Å². The Morgan fingerprint density at radius 2 is 2.16 bits per heavy atom. The number of benzene rings is 1. The van der Waals surface area contributed by atoms with Gasteiger partial charge in [0.15, 0.2) is 11.5 Å². The molecule has 1 aliphatic heterocycles. The molecule has 0 bridgehead atoms. The summed E-state index contributed by atoms with van der Waals surface area (Å²) in [6, 6.07) is 3.36. The third-order valence-electron chi connectivity index (χ3n) is 2.69. The Labute approximate surface area is 111 Å². The van der Waals surface area contributed by atoms with Crippen molar-refractivity contribution in [3.05, 3.63) is 17.7 Å². The monoisotopic (exact) mass is 267 g/mol. The molecule has 6 nitrogen and oxygen atoms in total. The first kappa shape index (κ1) is 13.5. The molecule has 2 N–H and O–H groups in total. The van der Waals surface area contributed by atoms with Crippen molar-refractivity contribution in [3.63, 3.8) is 0 Å². The number of carbonyl (C=O) groups excluding carboxylic acids is 1. The van der Waals surface area contributed by atoms with Crippen LogP contribution in [0.3, 0.4) is 0 Å². The van der Waals surface area contributed by atoms with E-state index in [0.29, 0.717) is 29.4 Å². The SMILES string of the molecule is CCNC(=O)CCOc1cc2c(cc1CO)OCO2. The molecular formula is C13H17NO5. The summed E-state index contributed by atoms with van der Waals surface area (Å²) in [7, 11) is 0. The zero-order chi connectivity index (χ0) is 13.7. The van der Waals surface area contributed by atoms with Gasteiger partial charge >= 0.3 is 0 Å². The van der Waals surface area contributed by atoms with Crippen LogP contribution in [0.5, 0.6) is 17.2 Å². The van der Waals surface area contributed by atoms with E-state index in [-0.39, 0.29) is 32.3 Å². The Balaban J connectivity index is 1.97. The van der Waals surface area contributed by atoms with Crippen LogP contribution in [0.4, 0.5) is 0 Å². The largest absolute Gasteiger partial charge is 0.493 e. The highest BCUT2D eigenvalue weighted by molar-refractivity contribution is 5.75. The Kier molecular flexibility index (Phi) is 4.46. The van der Waals surface area contributed by atoms with Crippen molar-refractivity contribution in [2.24, 2.45) is 0 Å². The van der Waals surface area contributed by atoms with E-state index < -0.39 is 0 Å². The van der Waals surface area contributed by atoms with Crippen LogP contribution in [0.25, 0.3) is 0 Å². The number of carbonyl (C=O) groups is 1. The smallest absolute Gasteiger partial charge is 0.231 e. The number of nitrogens with one attached hydrogen (secondary N) is 1. The van der Waals surface area contributed by atoms with E-state index in [9.17, 15) is 9.90 Å². The van der Waals surface area contributed by atoms with Gasteiger partial charge in [0.1, 0.15) is 5.75 Å². The summed E-state index contributed by atoms with van der Waals surface area (Å²) in [5, 5.41) is 12.0. The van der Waals surface area contributed by atoms with Gasteiger partial charge in [0.2, 0.25) is 12.7 Å². The molecule has 0 atom stereocenters. The van der Waals surface area contributed by atoms with Crippen LogP contribution >= 0.6 is 0 Å². The van der Waals surface area contributed by atoms with Crippen LogP contribution in [0.15, 0.2) is 12.1 Å². The van der Waals surface area contributed by atoms with E-state index in [1.807, 2.05) is 6.92 Å². The zero-order valence-corrected chi connectivity index (χ0v) is 10.8. The number of fused-ring (bicyclic) bond motifs is 1. The molecule has 1 aliphatic rings. The first-order chi connectivity index (χ1) is 9.24. The average molecular weight is 267 g/mol. The third-order valence-corrected chi connectivity index (χ3v) is 2.69. The van der Waals surface area contributed by atoms with Gasteiger partial charge in [0.05, 0.1) is 19.6 Å². The maximum Gasteiger partial charge on any atom is 0.231 e. The fourth-order valence-corrected chi connectivity index (χ4v) is 1.76. The fraction of sp³-hybridized carbons (Fsp3) is 0.462. The second-order valence-electron chi connectivity index (χ2n) is 4.02. The summed E-state index contributed by atoms with van der Waals surface area (Å²) in [5.41, 5.74) is 0.611. The fourth-order valence-electron chi connectivity index (χ4n) is 1.76. The quantitative estimate of drug-likeness (QED) is 0.797. The Hall–Kier alpha value is -1.95. The number of aliphatic hydroxyl groups excluding tert-OH is 1. The second-order valence-corrected chi connectivity index (χ2v) is 4.02. The summed E-state index contributed by atoms with van der Waals surface area (Å²) < 4.78 is 16.0. The van der Waals surface area contributed by atoms with Gasteiger partial charge in [-0.2, -0.15) is 0 Å². The third kappa shape index (κ3) is 3.29. The molecule has 0 aromatic heterocycles. The number of hydrogen-bond acceptors (Lipinski definition) is 5. The van der Waals surface area contributed by atoms with Crippen molar-refractivity contribution in [2.45, 2.75) is 20.0 Å². The molecule has 1 heterocycles. The van der Waals surface area contributed by atoms with Gasteiger partial charge < -0.3 is 24.6 Å². The van der Waals surface area contributed by atoms with Crippen LogP contribution in [0.2, 0.25) is 0 Å². The molecule has 1 amide bonds. The normalized spacial score (nSPS) is 12.3. The molecule has 0 radical (unpaired) electrons. The summed E-state index contributed by atoms with van der Waals surface area (Å²) in [5.74, 6) is 1.63. The summed E-state index contributed by atoms with van der Waals surface area (Å²) in [4.78, 5) is 11.3. The Bertz CT molecular complexity index is 461. The van der Waals surface area contributed by atoms with Gasteiger partial charge in [0.25, 0.3) is 0 Å². The second kappa shape index (κ2) is 6.29. The molecule has 0 saturated carbocycles. The number of aliphatic hydroxyl groups is 1. The van der Waals surface area contributed by atoms with Crippen molar-refractivity contribution < 1.29 is 24.1 Å². The Morgan fingerprint density at radius 3 is 2.84 bits per heavy atom. The maximum atomic E-state index is 11.3. The molecule has 104 valence electrons. The van der Waals surface area contributed by atoms with Gasteiger partial charge in [0, 0.05) is 18.2 Å². The van der Waals surface area contributed by atoms with E-state index in [1.165, 1.54) is 0 Å². The van der Waals surface area contributed by atoms with Crippen molar-refractivity contribution in [2.75, 3.05) is 19.9 Å². The number of amides is 1. The lowest BCUT2D eigenvalue weighted by atomic mass is 10.2. The highest BCUT2D eigenvalue weighted by Gasteiger charge is 2.17. The summed E-state index contributed by atoms with van der Waals surface area (Å²) in [6.07, 6.45) is 0.271. The highest BCUT2D eigenvalue weighted by atomic mass is 16.7. The van der Waals surface area contributed by atoms with Gasteiger partial charge in [-0.05, 0) is 13.0 Å². The van der Waals surface area contributed by atoms with Gasteiger partial charge in [-0.3, -0.25) is 4.79 Å². The predicted octanol–water partition coefficient (Wildman–Crippen LogP) is 0.813. The van der Waals surface area contributed by atoms with Crippen LogP contribution in [0, 0.1) is 0 Å². The van der Waals surface area contributed by atoms with Gasteiger partial charge in [-0.15, -0.1) is 0 Å². The number of ether oxygens (including phenoxy) is 3. The molecular weight excluding hydrogens is 250 g/mol. The molecule has 0 saturated heterocycles. The van der Waals surface area contributed by atoms with E-state index in [2.05, 4.69) is 5.32 Å². The topological polar surface area (TPSA) is 77.0 Å². The molecule has 0 fully saturated rings. The molecule has 19 heavy (non-hydrogen) atoms. The Morgan fingerprint density at radius 1 is 1.42 bits per heavy atom. The first-order valence-corrected chi connectivity index (χ1v) is 6.17. The minimum absolute atomic E-state index is 0.0613. The van der Waals surface area contributed by atoms with Crippen molar-refractivity contribution >= 4 is 5.91 Å². The van der Waals surface area contributed by atoms with Gasteiger partial charge in [-0.25, -0.2) is 0 Å². The van der Waals surface area contributed by atoms with Crippen LogP contribution in [-0.4, -0.2) is 31.0 Å². The van der Waals surface area contributed by atoms with E-state index in [4.69, 9.17) is 14.2 Å². The molecule has 2 rings (SSSR count). The molecule has 0 aliphatic carbocycles. The summed E-state index contributed by atoms with van der Waals surface area (Å²) >= 11 is 0. The number of rotatable bonds is 6.